The number of anilines is 5. The number of benzene rings is 2. The number of pyridine rings is 1. The Morgan fingerprint density at radius 1 is 1.06 bits per heavy atom. The standard InChI is InChI=1S/C24H23Cl2N7O2/c1-35-19-12-15(33-9-7-27-8-10-33)5-6-17(19)30-23-21-14(13-28-32-24(21)34)11-20(31-23)29-18-4-2-3-16(25)22(18)26/h2-6,11-13,27H,7-10H2,1H3,(H,32,34)(H2,29,30,31). The van der Waals surface area contributed by atoms with E-state index in [1.165, 1.54) is 0 Å². The molecule has 5 rings (SSSR count). The van der Waals surface area contributed by atoms with E-state index in [0.717, 1.165) is 31.9 Å². The van der Waals surface area contributed by atoms with Crippen molar-refractivity contribution in [2.45, 2.75) is 0 Å². The Morgan fingerprint density at radius 2 is 1.89 bits per heavy atom. The van der Waals surface area contributed by atoms with Crippen molar-refractivity contribution in [1.82, 2.24) is 20.5 Å². The number of ether oxygens (including phenoxy) is 1. The molecule has 35 heavy (non-hydrogen) atoms. The second kappa shape index (κ2) is 9.99. The van der Waals surface area contributed by atoms with E-state index in [4.69, 9.17) is 27.9 Å². The van der Waals surface area contributed by atoms with Crippen molar-refractivity contribution in [1.29, 1.82) is 0 Å². The topological polar surface area (TPSA) is 107 Å². The summed E-state index contributed by atoms with van der Waals surface area (Å²) in [5.74, 6) is 1.45. The van der Waals surface area contributed by atoms with E-state index in [-0.39, 0.29) is 5.56 Å². The van der Waals surface area contributed by atoms with Crippen LogP contribution in [-0.4, -0.2) is 48.5 Å². The minimum absolute atomic E-state index is 0.347. The van der Waals surface area contributed by atoms with Crippen LogP contribution in [0.25, 0.3) is 10.8 Å². The lowest BCUT2D eigenvalue weighted by atomic mass is 10.2. The summed E-state index contributed by atoms with van der Waals surface area (Å²) < 4.78 is 5.67. The zero-order chi connectivity index (χ0) is 24.4. The van der Waals surface area contributed by atoms with Gasteiger partial charge in [-0.1, -0.05) is 29.3 Å². The average molecular weight is 512 g/mol. The maximum absolute atomic E-state index is 12.7. The number of hydrogen-bond acceptors (Lipinski definition) is 8. The fourth-order valence-electron chi connectivity index (χ4n) is 4.04. The third-order valence-corrected chi connectivity index (χ3v) is 6.60. The monoisotopic (exact) mass is 511 g/mol. The van der Waals surface area contributed by atoms with Crippen molar-refractivity contribution >= 4 is 62.7 Å². The minimum atomic E-state index is -0.360. The van der Waals surface area contributed by atoms with E-state index >= 15 is 0 Å². The Morgan fingerprint density at radius 3 is 2.69 bits per heavy atom. The first-order valence-corrected chi connectivity index (χ1v) is 11.8. The van der Waals surface area contributed by atoms with Crippen LogP contribution < -0.4 is 31.1 Å². The van der Waals surface area contributed by atoms with Crippen LogP contribution in [0.1, 0.15) is 0 Å². The molecule has 0 bridgehead atoms. The fraction of sp³-hybridized carbons (Fsp3) is 0.208. The summed E-state index contributed by atoms with van der Waals surface area (Å²) in [5.41, 5.74) is 1.98. The van der Waals surface area contributed by atoms with Crippen molar-refractivity contribution < 1.29 is 4.74 Å². The molecule has 0 spiro atoms. The van der Waals surface area contributed by atoms with Crippen LogP contribution in [0, 0.1) is 0 Å². The van der Waals surface area contributed by atoms with Gasteiger partial charge >= 0.3 is 0 Å². The van der Waals surface area contributed by atoms with E-state index in [9.17, 15) is 4.79 Å². The number of nitrogens with zero attached hydrogens (tertiary/aromatic N) is 3. The van der Waals surface area contributed by atoms with E-state index in [1.54, 1.807) is 37.6 Å². The molecule has 2 aromatic heterocycles. The molecular weight excluding hydrogens is 489 g/mol. The minimum Gasteiger partial charge on any atom is -0.494 e. The van der Waals surface area contributed by atoms with Crippen LogP contribution in [0.4, 0.5) is 28.7 Å². The molecule has 180 valence electrons. The SMILES string of the molecule is COc1cc(N2CCNCC2)ccc1Nc1nc(Nc2cccc(Cl)c2Cl)cc2cn[nH]c(=O)c12. The molecule has 1 aliphatic heterocycles. The van der Waals surface area contributed by atoms with Crippen LogP contribution in [0.3, 0.4) is 0 Å². The highest BCUT2D eigenvalue weighted by Crippen LogP contribution is 2.35. The van der Waals surface area contributed by atoms with Gasteiger partial charge in [-0.15, -0.1) is 0 Å². The van der Waals surface area contributed by atoms with Crippen molar-refractivity contribution in [2.24, 2.45) is 0 Å². The summed E-state index contributed by atoms with van der Waals surface area (Å²) in [6.45, 7) is 3.71. The Balaban J connectivity index is 1.54. The first-order chi connectivity index (χ1) is 17.0. The van der Waals surface area contributed by atoms with Gasteiger partial charge in [0.05, 0.1) is 40.1 Å². The number of rotatable bonds is 6. The van der Waals surface area contributed by atoms with Gasteiger partial charge in [0, 0.05) is 43.3 Å². The Hall–Kier alpha value is -3.53. The quantitative estimate of drug-likeness (QED) is 0.299. The lowest BCUT2D eigenvalue weighted by Crippen LogP contribution is -2.43. The second-order valence-electron chi connectivity index (χ2n) is 7.99. The van der Waals surface area contributed by atoms with Crippen molar-refractivity contribution in [3.63, 3.8) is 0 Å². The van der Waals surface area contributed by atoms with E-state index < -0.39 is 0 Å². The van der Waals surface area contributed by atoms with Crippen LogP contribution in [-0.2, 0) is 0 Å². The number of aromatic amines is 1. The summed E-state index contributed by atoms with van der Waals surface area (Å²) in [5, 5.41) is 18.0. The number of methoxy groups -OCH3 is 1. The van der Waals surface area contributed by atoms with Gasteiger partial charge in [-0.05, 0) is 30.3 Å². The highest BCUT2D eigenvalue weighted by molar-refractivity contribution is 6.43. The second-order valence-corrected chi connectivity index (χ2v) is 8.78. The number of H-pyrrole nitrogens is 1. The molecule has 3 heterocycles. The lowest BCUT2D eigenvalue weighted by Gasteiger charge is -2.30. The van der Waals surface area contributed by atoms with Crippen molar-refractivity contribution in [2.75, 3.05) is 48.8 Å². The molecule has 0 amide bonds. The van der Waals surface area contributed by atoms with Crippen molar-refractivity contribution in [3.8, 4) is 5.75 Å². The van der Waals surface area contributed by atoms with Crippen LogP contribution >= 0.6 is 23.2 Å². The molecule has 0 radical (unpaired) electrons. The molecule has 1 aliphatic rings. The normalized spacial score (nSPS) is 13.6. The third kappa shape index (κ3) is 4.84. The number of aromatic nitrogens is 3. The smallest absolute Gasteiger partial charge is 0.275 e. The number of piperazine rings is 1. The lowest BCUT2D eigenvalue weighted by molar-refractivity contribution is 0.416. The molecule has 4 aromatic rings. The maximum Gasteiger partial charge on any atom is 0.275 e. The molecule has 0 unspecified atom stereocenters. The molecular formula is C24H23Cl2N7O2. The number of nitrogens with one attached hydrogen (secondary N) is 4. The molecule has 9 nitrogen and oxygen atoms in total. The average Bonchev–Trinajstić information content (AvgIpc) is 2.87. The van der Waals surface area contributed by atoms with Gasteiger partial charge in [0.25, 0.3) is 5.56 Å². The first kappa shape index (κ1) is 23.2. The summed E-state index contributed by atoms with van der Waals surface area (Å²) in [7, 11) is 1.61. The molecule has 1 fully saturated rings. The van der Waals surface area contributed by atoms with Crippen LogP contribution in [0.15, 0.2) is 53.5 Å². The van der Waals surface area contributed by atoms with Crippen molar-refractivity contribution in [3.05, 3.63) is 69.1 Å². The molecule has 0 atom stereocenters. The van der Waals surface area contributed by atoms with Gasteiger partial charge in [-0.25, -0.2) is 10.1 Å². The van der Waals surface area contributed by atoms with Crippen LogP contribution in [0.2, 0.25) is 10.0 Å². The zero-order valence-corrected chi connectivity index (χ0v) is 20.4. The predicted octanol–water partition coefficient (Wildman–Crippen LogP) is 4.53. The number of halogens is 2. The fourth-order valence-corrected chi connectivity index (χ4v) is 4.39. The summed E-state index contributed by atoms with van der Waals surface area (Å²) in [4.78, 5) is 19.6. The van der Waals surface area contributed by atoms with Gasteiger partial charge in [-0.3, -0.25) is 4.79 Å². The molecule has 11 heteroatoms. The third-order valence-electron chi connectivity index (χ3n) is 5.78. The Bertz CT molecular complexity index is 1440. The predicted molar refractivity (Wildman–Crippen MR) is 141 cm³/mol. The summed E-state index contributed by atoms with van der Waals surface area (Å²) >= 11 is 12.5. The molecule has 4 N–H and O–H groups in total. The van der Waals surface area contributed by atoms with Gasteiger partial charge in [0.2, 0.25) is 0 Å². The maximum atomic E-state index is 12.7. The molecule has 1 saturated heterocycles. The zero-order valence-electron chi connectivity index (χ0n) is 18.9. The van der Waals surface area contributed by atoms with Gasteiger partial charge < -0.3 is 25.6 Å². The molecule has 2 aromatic carbocycles. The van der Waals surface area contributed by atoms with E-state index in [2.05, 4.69) is 36.0 Å². The highest BCUT2D eigenvalue weighted by atomic mass is 35.5. The largest absolute Gasteiger partial charge is 0.494 e. The molecule has 0 aliphatic carbocycles. The highest BCUT2D eigenvalue weighted by Gasteiger charge is 2.16. The number of hydrogen-bond donors (Lipinski definition) is 4. The first-order valence-electron chi connectivity index (χ1n) is 11.0. The van der Waals surface area contributed by atoms with E-state index in [1.807, 2.05) is 18.2 Å². The summed E-state index contributed by atoms with van der Waals surface area (Å²) in [6, 6.07) is 12.9. The molecule has 0 saturated carbocycles. The Kier molecular flexibility index (Phi) is 6.63. The Labute approximate surface area is 211 Å². The van der Waals surface area contributed by atoms with Gasteiger partial charge in [0.15, 0.2) is 0 Å². The van der Waals surface area contributed by atoms with Gasteiger partial charge in [0.1, 0.15) is 17.4 Å². The van der Waals surface area contributed by atoms with Crippen LogP contribution in [0.5, 0.6) is 5.75 Å². The van der Waals surface area contributed by atoms with Gasteiger partial charge in [-0.2, -0.15) is 5.10 Å². The summed E-state index contributed by atoms with van der Waals surface area (Å²) in [6.07, 6.45) is 1.57. The number of fused-ring (bicyclic) bond motifs is 1. The van der Waals surface area contributed by atoms with E-state index in [0.29, 0.717) is 49.6 Å².